The van der Waals surface area contributed by atoms with E-state index in [2.05, 4.69) is 24.0 Å². The van der Waals surface area contributed by atoms with Gasteiger partial charge in [-0.3, -0.25) is 9.69 Å². The minimum Gasteiger partial charge on any atom is -0.464 e. The molecule has 0 bridgehead atoms. The van der Waals surface area contributed by atoms with E-state index in [1.54, 1.807) is 0 Å². The maximum Gasteiger partial charge on any atom is 0.305 e. The van der Waals surface area contributed by atoms with Crippen molar-refractivity contribution < 1.29 is 24.5 Å². The first-order valence-corrected chi connectivity index (χ1v) is 13.6. The third-order valence-electron chi connectivity index (χ3n) is 7.18. The number of halogens is 1. The van der Waals surface area contributed by atoms with E-state index in [1.165, 1.54) is 0 Å². The maximum absolute atomic E-state index is 12.0. The smallest absolute Gasteiger partial charge is 0.305 e. The third-order valence-corrected chi connectivity index (χ3v) is 7.68. The Kier molecular flexibility index (Phi) is 12.0. The molecule has 0 radical (unpaired) electrons. The van der Waals surface area contributed by atoms with Gasteiger partial charge in [-0.15, -0.1) is 11.6 Å². The van der Waals surface area contributed by atoms with Crippen LogP contribution in [0.3, 0.4) is 0 Å². The van der Waals surface area contributed by atoms with E-state index in [4.69, 9.17) is 21.1 Å². The molecule has 1 saturated carbocycles. The second kappa shape index (κ2) is 15.0. The molecule has 2 aliphatic rings. The zero-order valence-electron chi connectivity index (χ0n) is 21.0. The second-order valence-electron chi connectivity index (χ2n) is 9.75. The van der Waals surface area contributed by atoms with Gasteiger partial charge in [0.15, 0.2) is 0 Å². The normalized spacial score (nSPS) is 26.3. The predicted octanol–water partition coefficient (Wildman–Crippen LogP) is 4.58. The number of benzene rings is 1. The summed E-state index contributed by atoms with van der Waals surface area (Å²) >= 11 is 6.62. The van der Waals surface area contributed by atoms with Crippen LogP contribution in [-0.2, 0) is 14.3 Å². The van der Waals surface area contributed by atoms with Crippen LogP contribution in [0.2, 0.25) is 0 Å². The number of alkyl halides is 1. The molecule has 196 valence electrons. The van der Waals surface area contributed by atoms with Gasteiger partial charge in [0.1, 0.15) is 6.61 Å². The van der Waals surface area contributed by atoms with Crippen LogP contribution in [0.25, 0.3) is 0 Å². The number of carbonyl (C=O) groups excluding carboxylic acids is 1. The Morgan fingerprint density at radius 3 is 2.71 bits per heavy atom. The fraction of sp³-hybridized carbons (Fsp3) is 0.679. The van der Waals surface area contributed by atoms with Crippen LogP contribution in [0.4, 0.5) is 0 Å². The summed E-state index contributed by atoms with van der Waals surface area (Å²) in [5, 5.41) is 20.8. The Labute approximate surface area is 215 Å². The Bertz CT molecular complexity index is 780. The van der Waals surface area contributed by atoms with E-state index in [1.807, 2.05) is 24.3 Å². The summed E-state index contributed by atoms with van der Waals surface area (Å²) in [6, 6.07) is 7.99. The van der Waals surface area contributed by atoms with Gasteiger partial charge in [-0.25, -0.2) is 0 Å². The zero-order valence-corrected chi connectivity index (χ0v) is 21.7. The number of hydrogen-bond donors (Lipinski definition) is 2. The standard InChI is InChI=1S/C28H42ClNO5/c1-2-7-25(31)21-10-12-22(13-11-21)28-23(24(29)20-26(28)32)8-5-3-4-6-9-27(33)35-19-16-30-14-17-34-18-15-30/h3,5,10-13,23-26,28,31-32H,2,4,6-9,14-20H2,1H3/t23-,24+,25?,26+,28+/m0/s1. The van der Waals surface area contributed by atoms with E-state index < -0.39 is 12.2 Å². The van der Waals surface area contributed by atoms with Crippen molar-refractivity contribution in [2.24, 2.45) is 5.92 Å². The van der Waals surface area contributed by atoms with E-state index in [-0.39, 0.29) is 23.2 Å². The number of ether oxygens (including phenoxy) is 2. The number of morpholine rings is 1. The van der Waals surface area contributed by atoms with Crippen LogP contribution in [0, 0.1) is 5.92 Å². The van der Waals surface area contributed by atoms with Crippen molar-refractivity contribution >= 4 is 17.6 Å². The van der Waals surface area contributed by atoms with Crippen LogP contribution in [0.1, 0.15) is 75.0 Å². The molecule has 0 amide bonds. The Morgan fingerprint density at radius 2 is 2.00 bits per heavy atom. The topological polar surface area (TPSA) is 79.2 Å². The Morgan fingerprint density at radius 1 is 1.26 bits per heavy atom. The minimum atomic E-state index is -0.463. The summed E-state index contributed by atoms with van der Waals surface area (Å²) in [4.78, 5) is 14.2. The summed E-state index contributed by atoms with van der Waals surface area (Å²) in [5.41, 5.74) is 1.99. The Hall–Kier alpha value is -1.44. The number of unbranched alkanes of at least 4 members (excludes halogenated alkanes) is 1. The number of aliphatic hydroxyl groups is 2. The molecule has 1 aromatic carbocycles. The maximum atomic E-state index is 12.0. The SMILES string of the molecule is CCCC(O)c1ccc([C@@H]2[C@@H](CC=CCCCC(=O)OCCN3CCOCC3)[C@H](Cl)C[C@H]2O)cc1. The first-order chi connectivity index (χ1) is 17.0. The van der Waals surface area contributed by atoms with Crippen LogP contribution in [0.15, 0.2) is 36.4 Å². The average molecular weight is 508 g/mol. The van der Waals surface area contributed by atoms with Gasteiger partial charge in [-0.05, 0) is 49.1 Å². The first-order valence-electron chi connectivity index (χ1n) is 13.2. The summed E-state index contributed by atoms with van der Waals surface area (Å²) < 4.78 is 10.7. The highest BCUT2D eigenvalue weighted by molar-refractivity contribution is 6.21. The van der Waals surface area contributed by atoms with Crippen LogP contribution in [0.5, 0.6) is 0 Å². The zero-order chi connectivity index (χ0) is 25.0. The molecule has 1 saturated heterocycles. The molecule has 3 rings (SSSR count). The van der Waals surface area contributed by atoms with Crippen molar-refractivity contribution in [3.63, 3.8) is 0 Å². The molecule has 1 aromatic rings. The second-order valence-corrected chi connectivity index (χ2v) is 10.3. The van der Waals surface area contributed by atoms with Gasteiger partial charge in [0.05, 0.1) is 25.4 Å². The summed E-state index contributed by atoms with van der Waals surface area (Å²) in [6.07, 6.45) is 8.39. The molecule has 5 atom stereocenters. The lowest BCUT2D eigenvalue weighted by Crippen LogP contribution is -2.38. The molecular weight excluding hydrogens is 466 g/mol. The van der Waals surface area contributed by atoms with Crippen molar-refractivity contribution in [1.29, 1.82) is 0 Å². The van der Waals surface area contributed by atoms with Gasteiger partial charge in [-0.2, -0.15) is 0 Å². The molecule has 2 N–H and O–H groups in total. The van der Waals surface area contributed by atoms with Crippen molar-refractivity contribution in [2.75, 3.05) is 39.5 Å². The van der Waals surface area contributed by atoms with E-state index in [0.717, 1.165) is 76.1 Å². The number of nitrogens with zero attached hydrogens (tertiary/aromatic N) is 1. The van der Waals surface area contributed by atoms with Crippen LogP contribution >= 0.6 is 11.6 Å². The monoisotopic (exact) mass is 507 g/mol. The molecule has 1 aliphatic heterocycles. The van der Waals surface area contributed by atoms with E-state index >= 15 is 0 Å². The number of carbonyl (C=O) groups is 1. The highest BCUT2D eigenvalue weighted by Gasteiger charge is 2.41. The van der Waals surface area contributed by atoms with Gasteiger partial charge in [0.25, 0.3) is 0 Å². The number of rotatable bonds is 13. The molecule has 1 unspecified atom stereocenters. The van der Waals surface area contributed by atoms with E-state index in [9.17, 15) is 15.0 Å². The molecule has 1 heterocycles. The van der Waals surface area contributed by atoms with Crippen molar-refractivity contribution in [3.8, 4) is 0 Å². The lowest BCUT2D eigenvalue weighted by atomic mass is 9.84. The van der Waals surface area contributed by atoms with Crippen molar-refractivity contribution in [2.45, 2.75) is 75.4 Å². The number of esters is 1. The van der Waals surface area contributed by atoms with Gasteiger partial charge < -0.3 is 19.7 Å². The predicted molar refractivity (Wildman–Crippen MR) is 139 cm³/mol. The van der Waals surface area contributed by atoms with Gasteiger partial charge in [0.2, 0.25) is 0 Å². The Balaban J connectivity index is 1.38. The minimum absolute atomic E-state index is 0.0130. The van der Waals surface area contributed by atoms with Gasteiger partial charge >= 0.3 is 5.97 Å². The largest absolute Gasteiger partial charge is 0.464 e. The first kappa shape index (κ1) is 28.1. The van der Waals surface area contributed by atoms with Crippen molar-refractivity contribution in [1.82, 2.24) is 4.90 Å². The fourth-order valence-electron chi connectivity index (χ4n) is 5.13. The van der Waals surface area contributed by atoms with E-state index in [0.29, 0.717) is 19.4 Å². The summed E-state index contributed by atoms with van der Waals surface area (Å²) in [7, 11) is 0. The molecule has 7 heteroatoms. The van der Waals surface area contributed by atoms with Gasteiger partial charge in [-0.1, -0.05) is 49.8 Å². The lowest BCUT2D eigenvalue weighted by molar-refractivity contribution is -0.144. The van der Waals surface area contributed by atoms with Crippen molar-refractivity contribution in [3.05, 3.63) is 47.5 Å². The molecule has 2 fully saturated rings. The van der Waals surface area contributed by atoms with Gasteiger partial charge in [0, 0.05) is 37.4 Å². The number of hydrogen-bond acceptors (Lipinski definition) is 6. The molecule has 6 nitrogen and oxygen atoms in total. The summed E-state index contributed by atoms with van der Waals surface area (Å²) in [6.45, 7) is 6.57. The lowest BCUT2D eigenvalue weighted by Gasteiger charge is -2.26. The third kappa shape index (κ3) is 8.87. The molecule has 0 spiro atoms. The highest BCUT2D eigenvalue weighted by atomic mass is 35.5. The average Bonchev–Trinajstić information content (AvgIpc) is 3.14. The fourth-order valence-corrected chi connectivity index (χ4v) is 5.57. The van der Waals surface area contributed by atoms with Crippen LogP contribution < -0.4 is 0 Å². The highest BCUT2D eigenvalue weighted by Crippen LogP contribution is 2.45. The van der Waals surface area contributed by atoms with Crippen LogP contribution in [-0.4, -0.2) is 72.0 Å². The summed E-state index contributed by atoms with van der Waals surface area (Å²) in [5.74, 6) is -0.000547. The quantitative estimate of drug-likeness (QED) is 0.176. The molecular formula is C28H42ClNO5. The molecule has 0 aromatic heterocycles. The molecule has 1 aliphatic carbocycles. The number of allylic oxidation sites excluding steroid dienone is 2. The molecule has 35 heavy (non-hydrogen) atoms. The number of aliphatic hydroxyl groups excluding tert-OH is 2.